The molecule has 144 valence electrons. The molecule has 2 aromatic rings. The molecule has 1 aliphatic rings. The molecular weight excluding hydrogens is 346 g/mol. The molecule has 0 unspecified atom stereocenters. The van der Waals surface area contributed by atoms with Crippen LogP contribution in [0.2, 0.25) is 0 Å². The van der Waals surface area contributed by atoms with E-state index in [9.17, 15) is 9.59 Å². The van der Waals surface area contributed by atoms with E-state index < -0.39 is 0 Å². The summed E-state index contributed by atoms with van der Waals surface area (Å²) in [6, 6.07) is 7.19. The zero-order chi connectivity index (χ0) is 19.4. The topological polar surface area (TPSA) is 96.2 Å². The van der Waals surface area contributed by atoms with Gasteiger partial charge in [-0.15, -0.1) is 5.10 Å². The lowest BCUT2D eigenvalue weighted by molar-refractivity contribution is -0.124. The number of amides is 2. The molecule has 0 saturated carbocycles. The van der Waals surface area contributed by atoms with E-state index in [1.54, 1.807) is 12.1 Å². The number of benzene rings is 1. The third-order valence-corrected chi connectivity index (χ3v) is 4.27. The van der Waals surface area contributed by atoms with Crippen molar-refractivity contribution in [2.45, 2.75) is 26.3 Å². The molecule has 0 aliphatic carbocycles. The second-order valence-corrected chi connectivity index (χ2v) is 7.67. The molecule has 3 rings (SSSR count). The van der Waals surface area contributed by atoms with Crippen molar-refractivity contribution in [3.05, 3.63) is 36.2 Å². The third-order valence-electron chi connectivity index (χ3n) is 4.27. The Balaban J connectivity index is 1.52. The molecule has 0 bridgehead atoms. The van der Waals surface area contributed by atoms with E-state index in [-0.39, 0.29) is 17.4 Å². The van der Waals surface area contributed by atoms with Crippen LogP contribution in [-0.2, 0) is 4.79 Å². The van der Waals surface area contributed by atoms with Crippen LogP contribution in [0.15, 0.2) is 30.6 Å². The Hall–Kier alpha value is -2.81. The van der Waals surface area contributed by atoms with Gasteiger partial charge >= 0.3 is 0 Å². The van der Waals surface area contributed by atoms with Gasteiger partial charge in [-0.05, 0) is 55.5 Å². The Morgan fingerprint density at radius 2 is 1.74 bits per heavy atom. The second kappa shape index (κ2) is 7.83. The van der Waals surface area contributed by atoms with Crippen LogP contribution in [0.1, 0.15) is 31.1 Å². The molecule has 1 fully saturated rings. The largest absolute Gasteiger partial charge is 0.350 e. The fourth-order valence-corrected chi connectivity index (χ4v) is 2.99. The number of carbonyl (C=O) groups is 2. The molecule has 2 amide bonds. The highest BCUT2D eigenvalue weighted by Gasteiger charge is 2.24. The summed E-state index contributed by atoms with van der Waals surface area (Å²) in [5.41, 5.74) is 1.19. The van der Waals surface area contributed by atoms with Crippen molar-refractivity contribution in [1.29, 1.82) is 0 Å². The van der Waals surface area contributed by atoms with E-state index in [2.05, 4.69) is 25.7 Å². The van der Waals surface area contributed by atoms with Crippen LogP contribution in [0.4, 0.5) is 0 Å². The van der Waals surface area contributed by atoms with E-state index in [0.717, 1.165) is 5.69 Å². The fraction of sp³-hybridized carbons (Fsp3) is 0.500. The summed E-state index contributed by atoms with van der Waals surface area (Å²) in [7, 11) is 0. The zero-order valence-corrected chi connectivity index (χ0v) is 15.9. The molecule has 0 spiro atoms. The average molecular weight is 371 g/mol. The molecule has 1 N–H and O–H groups in total. The van der Waals surface area contributed by atoms with Gasteiger partial charge in [-0.1, -0.05) is 0 Å². The van der Waals surface area contributed by atoms with Gasteiger partial charge in [0.05, 0.1) is 12.2 Å². The number of carbonyl (C=O) groups excluding carboxylic acids is 2. The molecule has 1 aromatic carbocycles. The minimum absolute atomic E-state index is 0.00272. The molecule has 1 aliphatic heterocycles. The van der Waals surface area contributed by atoms with Crippen molar-refractivity contribution in [2.24, 2.45) is 0 Å². The zero-order valence-electron chi connectivity index (χ0n) is 15.9. The lowest BCUT2D eigenvalue weighted by Gasteiger charge is -2.35. The van der Waals surface area contributed by atoms with Crippen LogP contribution in [0.25, 0.3) is 5.69 Å². The lowest BCUT2D eigenvalue weighted by Crippen LogP contribution is -2.52. The first-order valence-electron chi connectivity index (χ1n) is 8.98. The summed E-state index contributed by atoms with van der Waals surface area (Å²) >= 11 is 0. The SMILES string of the molecule is CC(C)(C)NC(=O)CN1CCN(C(=O)c2ccc(-n3cnnn3)cc2)CC1. The summed E-state index contributed by atoms with van der Waals surface area (Å²) in [6.07, 6.45) is 1.51. The summed E-state index contributed by atoms with van der Waals surface area (Å²) in [6.45, 7) is 8.84. The highest BCUT2D eigenvalue weighted by atomic mass is 16.2. The quantitative estimate of drug-likeness (QED) is 0.832. The van der Waals surface area contributed by atoms with Gasteiger partial charge in [0.2, 0.25) is 5.91 Å². The first kappa shape index (κ1) is 19.0. The summed E-state index contributed by atoms with van der Waals surface area (Å²) < 4.78 is 1.54. The van der Waals surface area contributed by atoms with E-state index in [0.29, 0.717) is 38.3 Å². The normalized spacial score (nSPS) is 15.6. The van der Waals surface area contributed by atoms with Crippen molar-refractivity contribution in [3.63, 3.8) is 0 Å². The van der Waals surface area contributed by atoms with Gasteiger partial charge in [-0.2, -0.15) is 0 Å². The van der Waals surface area contributed by atoms with Gasteiger partial charge in [0.25, 0.3) is 5.91 Å². The summed E-state index contributed by atoms with van der Waals surface area (Å²) in [5.74, 6) is 0.0116. The van der Waals surface area contributed by atoms with Crippen LogP contribution in [-0.4, -0.2) is 80.1 Å². The average Bonchev–Trinajstić information content (AvgIpc) is 3.15. The van der Waals surface area contributed by atoms with Crippen molar-refractivity contribution in [1.82, 2.24) is 35.3 Å². The van der Waals surface area contributed by atoms with Gasteiger partial charge in [0.15, 0.2) is 0 Å². The van der Waals surface area contributed by atoms with Crippen molar-refractivity contribution < 1.29 is 9.59 Å². The van der Waals surface area contributed by atoms with Gasteiger partial charge < -0.3 is 10.2 Å². The Morgan fingerprint density at radius 3 is 2.30 bits per heavy atom. The van der Waals surface area contributed by atoms with Crippen LogP contribution >= 0.6 is 0 Å². The number of rotatable bonds is 4. The number of aromatic nitrogens is 4. The van der Waals surface area contributed by atoms with Crippen molar-refractivity contribution >= 4 is 11.8 Å². The molecule has 0 atom stereocenters. The Bertz CT molecular complexity index is 773. The number of hydrogen-bond acceptors (Lipinski definition) is 6. The van der Waals surface area contributed by atoms with E-state index >= 15 is 0 Å². The van der Waals surface area contributed by atoms with Crippen LogP contribution < -0.4 is 5.32 Å². The Morgan fingerprint density at radius 1 is 1.07 bits per heavy atom. The van der Waals surface area contributed by atoms with E-state index in [1.807, 2.05) is 37.8 Å². The van der Waals surface area contributed by atoms with E-state index in [1.165, 1.54) is 11.0 Å². The molecular formula is C18H25N7O2. The highest BCUT2D eigenvalue weighted by molar-refractivity contribution is 5.94. The van der Waals surface area contributed by atoms with E-state index in [4.69, 9.17) is 0 Å². The first-order valence-corrected chi connectivity index (χ1v) is 8.98. The Labute approximate surface area is 158 Å². The van der Waals surface area contributed by atoms with Gasteiger partial charge in [-0.25, -0.2) is 4.68 Å². The molecule has 2 heterocycles. The summed E-state index contributed by atoms with van der Waals surface area (Å²) in [4.78, 5) is 28.6. The number of nitrogens with one attached hydrogen (secondary N) is 1. The van der Waals surface area contributed by atoms with Crippen LogP contribution in [0.5, 0.6) is 0 Å². The number of piperazine rings is 1. The van der Waals surface area contributed by atoms with Crippen molar-refractivity contribution in [2.75, 3.05) is 32.7 Å². The molecule has 9 heteroatoms. The second-order valence-electron chi connectivity index (χ2n) is 7.67. The first-order chi connectivity index (χ1) is 12.8. The number of nitrogens with zero attached hydrogens (tertiary/aromatic N) is 6. The van der Waals surface area contributed by atoms with Gasteiger partial charge in [0, 0.05) is 37.3 Å². The standard InChI is InChI=1S/C18H25N7O2/c1-18(2,3)20-16(26)12-23-8-10-24(11-9-23)17(27)14-4-6-15(7-5-14)25-13-19-21-22-25/h4-7,13H,8-12H2,1-3H3,(H,20,26). The minimum Gasteiger partial charge on any atom is -0.350 e. The molecule has 1 aromatic heterocycles. The molecule has 27 heavy (non-hydrogen) atoms. The van der Waals surface area contributed by atoms with Gasteiger partial charge in [0.1, 0.15) is 6.33 Å². The maximum absolute atomic E-state index is 12.7. The maximum Gasteiger partial charge on any atom is 0.253 e. The predicted octanol–water partition coefficient (Wildman–Crippen LogP) is 0.335. The highest BCUT2D eigenvalue weighted by Crippen LogP contribution is 2.12. The smallest absolute Gasteiger partial charge is 0.253 e. The molecule has 9 nitrogen and oxygen atoms in total. The molecule has 0 radical (unpaired) electrons. The number of tetrazole rings is 1. The molecule has 1 saturated heterocycles. The van der Waals surface area contributed by atoms with Crippen LogP contribution in [0, 0.1) is 0 Å². The number of hydrogen-bond donors (Lipinski definition) is 1. The lowest BCUT2D eigenvalue weighted by atomic mass is 10.1. The fourth-order valence-electron chi connectivity index (χ4n) is 2.99. The summed E-state index contributed by atoms with van der Waals surface area (Å²) in [5, 5.41) is 14.0. The van der Waals surface area contributed by atoms with Crippen LogP contribution in [0.3, 0.4) is 0 Å². The monoisotopic (exact) mass is 371 g/mol. The maximum atomic E-state index is 12.7. The Kier molecular flexibility index (Phi) is 5.50. The van der Waals surface area contributed by atoms with Crippen molar-refractivity contribution in [3.8, 4) is 5.69 Å². The van der Waals surface area contributed by atoms with Gasteiger partial charge in [-0.3, -0.25) is 14.5 Å². The predicted molar refractivity (Wildman–Crippen MR) is 99.4 cm³/mol. The third kappa shape index (κ3) is 5.10. The minimum atomic E-state index is -0.233.